The average molecular weight is 341 g/mol. The number of hydrogen-bond donors (Lipinski definition) is 2. The highest BCUT2D eigenvalue weighted by molar-refractivity contribution is 5.44. The third-order valence-electron chi connectivity index (χ3n) is 5.60. The van der Waals surface area contributed by atoms with Crippen LogP contribution in [-0.2, 0) is 25.8 Å². The van der Waals surface area contributed by atoms with Gasteiger partial charge in [0.2, 0.25) is 0 Å². The van der Waals surface area contributed by atoms with Crippen LogP contribution in [0.5, 0.6) is 5.75 Å². The third kappa shape index (κ3) is 3.44. The van der Waals surface area contributed by atoms with Crippen LogP contribution in [0.3, 0.4) is 0 Å². The molecular formula is C20H27N3O2. The van der Waals surface area contributed by atoms with E-state index in [0.717, 1.165) is 36.6 Å². The zero-order valence-electron chi connectivity index (χ0n) is 15.1. The first-order valence-electron chi connectivity index (χ1n) is 9.22. The fourth-order valence-electron chi connectivity index (χ4n) is 4.33. The number of aryl methyl sites for hydroxylation is 3. The summed E-state index contributed by atoms with van der Waals surface area (Å²) < 4.78 is 5.63. The van der Waals surface area contributed by atoms with Crippen molar-refractivity contribution in [2.45, 2.75) is 45.3 Å². The van der Waals surface area contributed by atoms with E-state index in [-0.39, 0.29) is 12.0 Å². The Morgan fingerprint density at radius 2 is 2.04 bits per heavy atom. The normalized spacial score (nSPS) is 23.2. The molecule has 0 saturated carbocycles. The summed E-state index contributed by atoms with van der Waals surface area (Å²) in [6, 6.07) is 6.60. The molecule has 1 fully saturated rings. The number of nitrogens with zero attached hydrogens (tertiary/aromatic N) is 2. The van der Waals surface area contributed by atoms with Crippen molar-refractivity contribution in [2.75, 3.05) is 20.2 Å². The van der Waals surface area contributed by atoms with Crippen molar-refractivity contribution in [3.63, 3.8) is 0 Å². The number of ether oxygens (including phenoxy) is 1. The van der Waals surface area contributed by atoms with Gasteiger partial charge < -0.3 is 9.84 Å². The monoisotopic (exact) mass is 341 g/mol. The Morgan fingerprint density at radius 3 is 2.76 bits per heavy atom. The number of aliphatic hydroxyl groups excluding tert-OH is 1. The van der Waals surface area contributed by atoms with E-state index in [2.05, 4.69) is 33.3 Å². The summed E-state index contributed by atoms with van der Waals surface area (Å²) in [5.41, 5.74) is 6.26. The second-order valence-corrected chi connectivity index (χ2v) is 7.55. The number of rotatable bonds is 5. The minimum absolute atomic E-state index is 0.239. The quantitative estimate of drug-likeness (QED) is 0.876. The SMILES string of the molecule is COc1cc2c(cc1CN1C[C@@H](Cc3cc(C)[nH]n3)[C@@H](O)C1)CCC2. The standard InChI is InChI=1S/C20H27N3O2/c1-13-6-18(22-21-13)8-16-10-23(12-19(16)24)11-17-7-14-4-3-5-15(14)9-20(17)25-2/h6-7,9,16,19,24H,3-5,8,10-12H2,1-2H3,(H,21,22)/t16-,19+/m1/s1. The molecule has 2 aromatic rings. The molecule has 2 heterocycles. The van der Waals surface area contributed by atoms with Gasteiger partial charge in [-0.2, -0.15) is 5.10 Å². The summed E-state index contributed by atoms with van der Waals surface area (Å²) in [5.74, 6) is 1.23. The van der Waals surface area contributed by atoms with Crippen LogP contribution in [0.25, 0.3) is 0 Å². The maximum atomic E-state index is 10.5. The van der Waals surface area contributed by atoms with Gasteiger partial charge in [0.25, 0.3) is 0 Å². The number of nitrogens with one attached hydrogen (secondary N) is 1. The minimum atomic E-state index is -0.294. The van der Waals surface area contributed by atoms with Gasteiger partial charge in [-0.05, 0) is 55.9 Å². The van der Waals surface area contributed by atoms with Crippen molar-refractivity contribution in [1.29, 1.82) is 0 Å². The Morgan fingerprint density at radius 1 is 1.24 bits per heavy atom. The van der Waals surface area contributed by atoms with E-state index in [4.69, 9.17) is 4.74 Å². The van der Waals surface area contributed by atoms with Crippen LogP contribution in [-0.4, -0.2) is 46.5 Å². The molecule has 2 N–H and O–H groups in total. The highest BCUT2D eigenvalue weighted by Crippen LogP contribution is 2.32. The second kappa shape index (κ2) is 6.81. The van der Waals surface area contributed by atoms with Crippen molar-refractivity contribution in [3.8, 4) is 5.75 Å². The van der Waals surface area contributed by atoms with Crippen LogP contribution >= 0.6 is 0 Å². The molecule has 0 bridgehead atoms. The number of aliphatic hydroxyl groups is 1. The molecule has 2 atom stereocenters. The van der Waals surface area contributed by atoms with Crippen LogP contribution in [0.1, 0.15) is 34.5 Å². The van der Waals surface area contributed by atoms with Gasteiger partial charge in [0, 0.05) is 36.8 Å². The Kier molecular flexibility index (Phi) is 4.52. The van der Waals surface area contributed by atoms with Gasteiger partial charge in [0.05, 0.1) is 18.9 Å². The molecular weight excluding hydrogens is 314 g/mol. The van der Waals surface area contributed by atoms with Crippen molar-refractivity contribution in [3.05, 3.63) is 46.3 Å². The molecule has 0 amide bonds. The fourth-order valence-corrected chi connectivity index (χ4v) is 4.33. The lowest BCUT2D eigenvalue weighted by molar-refractivity contribution is 0.140. The maximum Gasteiger partial charge on any atom is 0.123 e. The number of likely N-dealkylation sites (tertiary alicyclic amines) is 1. The summed E-state index contributed by atoms with van der Waals surface area (Å²) in [5, 5.41) is 17.8. The van der Waals surface area contributed by atoms with E-state index in [1.165, 1.54) is 36.0 Å². The third-order valence-corrected chi connectivity index (χ3v) is 5.60. The first-order chi connectivity index (χ1) is 12.1. The molecule has 1 aromatic carbocycles. The number of methoxy groups -OCH3 is 1. The predicted molar refractivity (Wildman–Crippen MR) is 96.8 cm³/mol. The summed E-state index contributed by atoms with van der Waals surface area (Å²) in [6.45, 7) is 4.46. The highest BCUT2D eigenvalue weighted by atomic mass is 16.5. The van der Waals surface area contributed by atoms with Crippen LogP contribution in [0.2, 0.25) is 0 Å². The lowest BCUT2D eigenvalue weighted by Crippen LogP contribution is -2.21. The number of aromatic amines is 1. The fraction of sp³-hybridized carbons (Fsp3) is 0.550. The van der Waals surface area contributed by atoms with E-state index in [1.54, 1.807) is 7.11 Å². The maximum absolute atomic E-state index is 10.5. The molecule has 5 heteroatoms. The lowest BCUT2D eigenvalue weighted by Gasteiger charge is -2.19. The lowest BCUT2D eigenvalue weighted by atomic mass is 10.00. The Hall–Kier alpha value is -1.85. The van der Waals surface area contributed by atoms with E-state index >= 15 is 0 Å². The number of H-pyrrole nitrogens is 1. The van der Waals surface area contributed by atoms with Gasteiger partial charge in [-0.25, -0.2) is 0 Å². The van der Waals surface area contributed by atoms with Crippen LogP contribution in [0.15, 0.2) is 18.2 Å². The van der Waals surface area contributed by atoms with E-state index in [9.17, 15) is 5.11 Å². The summed E-state index contributed by atoms with van der Waals surface area (Å²) in [4.78, 5) is 2.34. The molecule has 4 rings (SSSR count). The van der Waals surface area contributed by atoms with Crippen molar-refractivity contribution >= 4 is 0 Å². The molecule has 0 unspecified atom stereocenters. The number of benzene rings is 1. The smallest absolute Gasteiger partial charge is 0.123 e. The molecule has 1 aliphatic carbocycles. The van der Waals surface area contributed by atoms with E-state index in [0.29, 0.717) is 6.54 Å². The number of aromatic nitrogens is 2. The van der Waals surface area contributed by atoms with Crippen LogP contribution < -0.4 is 4.74 Å². The van der Waals surface area contributed by atoms with Crippen LogP contribution in [0.4, 0.5) is 0 Å². The molecule has 1 saturated heterocycles. The number of fused-ring (bicyclic) bond motifs is 1. The largest absolute Gasteiger partial charge is 0.496 e. The van der Waals surface area contributed by atoms with Crippen molar-refractivity contribution < 1.29 is 9.84 Å². The zero-order chi connectivity index (χ0) is 17.4. The van der Waals surface area contributed by atoms with Gasteiger partial charge in [0.15, 0.2) is 0 Å². The molecule has 134 valence electrons. The van der Waals surface area contributed by atoms with Crippen molar-refractivity contribution in [1.82, 2.24) is 15.1 Å². The Balaban J connectivity index is 1.45. The molecule has 2 aliphatic rings. The predicted octanol–water partition coefficient (Wildman–Crippen LogP) is 2.25. The van der Waals surface area contributed by atoms with E-state index in [1.807, 2.05) is 6.92 Å². The molecule has 1 aliphatic heterocycles. The topological polar surface area (TPSA) is 61.4 Å². The van der Waals surface area contributed by atoms with E-state index < -0.39 is 0 Å². The summed E-state index contributed by atoms with van der Waals surface area (Å²) in [6.07, 6.45) is 4.12. The summed E-state index contributed by atoms with van der Waals surface area (Å²) in [7, 11) is 1.75. The van der Waals surface area contributed by atoms with Gasteiger partial charge in [0.1, 0.15) is 5.75 Å². The molecule has 0 radical (unpaired) electrons. The highest BCUT2D eigenvalue weighted by Gasteiger charge is 2.32. The molecule has 25 heavy (non-hydrogen) atoms. The van der Waals surface area contributed by atoms with Crippen molar-refractivity contribution in [2.24, 2.45) is 5.92 Å². The minimum Gasteiger partial charge on any atom is -0.496 e. The number of β-amino-alcohol motifs (C(OH)–C–C–N with tert-alkyl or cyclic N) is 1. The van der Waals surface area contributed by atoms with Crippen LogP contribution in [0, 0.1) is 12.8 Å². The molecule has 0 spiro atoms. The second-order valence-electron chi connectivity index (χ2n) is 7.55. The zero-order valence-corrected chi connectivity index (χ0v) is 15.1. The molecule has 5 nitrogen and oxygen atoms in total. The first kappa shape index (κ1) is 16.6. The average Bonchev–Trinajstić information content (AvgIpc) is 3.28. The van der Waals surface area contributed by atoms with Gasteiger partial charge >= 0.3 is 0 Å². The number of hydrogen-bond acceptors (Lipinski definition) is 4. The van der Waals surface area contributed by atoms with Gasteiger partial charge in [-0.1, -0.05) is 6.07 Å². The Bertz CT molecular complexity index is 755. The first-order valence-corrected chi connectivity index (χ1v) is 9.22. The van der Waals surface area contributed by atoms with Gasteiger partial charge in [-0.3, -0.25) is 10.00 Å². The Labute approximate surface area is 149 Å². The molecule has 1 aromatic heterocycles. The summed E-state index contributed by atoms with van der Waals surface area (Å²) >= 11 is 0. The van der Waals surface area contributed by atoms with Gasteiger partial charge in [-0.15, -0.1) is 0 Å².